The van der Waals surface area contributed by atoms with Crippen molar-refractivity contribution in [1.29, 1.82) is 0 Å². The summed E-state index contributed by atoms with van der Waals surface area (Å²) in [7, 11) is 0. The highest BCUT2D eigenvalue weighted by atomic mass is 35.5. The Morgan fingerprint density at radius 3 is 2.71 bits per heavy atom. The van der Waals surface area contributed by atoms with E-state index in [1.165, 1.54) is 0 Å². The van der Waals surface area contributed by atoms with E-state index >= 15 is 0 Å². The highest BCUT2D eigenvalue weighted by Gasteiger charge is 2.17. The molecule has 4 nitrogen and oxygen atoms in total. The van der Waals surface area contributed by atoms with Gasteiger partial charge in [0, 0.05) is 5.56 Å². The standard InChI is InChI=1S/C7H5ClF2N2O2/c8-2-4-1-5(7(9)10)11-3-6(4)12(13)14/h1,3,7H,2H2. The van der Waals surface area contributed by atoms with Crippen molar-refractivity contribution in [3.05, 3.63) is 33.6 Å². The maximum absolute atomic E-state index is 12.1. The van der Waals surface area contributed by atoms with Gasteiger partial charge in [-0.2, -0.15) is 0 Å². The number of nitrogens with zero attached hydrogens (tertiary/aromatic N) is 2. The molecular weight excluding hydrogens is 218 g/mol. The Morgan fingerprint density at radius 1 is 1.64 bits per heavy atom. The van der Waals surface area contributed by atoms with Crippen LogP contribution in [0.3, 0.4) is 0 Å². The zero-order valence-electron chi connectivity index (χ0n) is 6.78. The summed E-state index contributed by atoms with van der Waals surface area (Å²) in [5, 5.41) is 10.4. The van der Waals surface area contributed by atoms with Gasteiger partial charge in [0.25, 0.3) is 12.1 Å². The first-order valence-corrected chi connectivity index (χ1v) is 4.07. The van der Waals surface area contributed by atoms with Gasteiger partial charge < -0.3 is 0 Å². The van der Waals surface area contributed by atoms with Gasteiger partial charge in [0.15, 0.2) is 0 Å². The van der Waals surface area contributed by atoms with Gasteiger partial charge in [0.05, 0.1) is 10.8 Å². The van der Waals surface area contributed by atoms with Gasteiger partial charge in [0.1, 0.15) is 11.9 Å². The minimum absolute atomic E-state index is 0.0435. The second kappa shape index (κ2) is 4.28. The largest absolute Gasteiger partial charge is 0.291 e. The fourth-order valence-electron chi connectivity index (χ4n) is 0.899. The van der Waals surface area contributed by atoms with Crippen molar-refractivity contribution in [2.75, 3.05) is 0 Å². The van der Waals surface area contributed by atoms with E-state index in [2.05, 4.69) is 4.98 Å². The van der Waals surface area contributed by atoms with Crippen molar-refractivity contribution >= 4 is 17.3 Å². The van der Waals surface area contributed by atoms with Crippen LogP contribution in [0.1, 0.15) is 17.7 Å². The molecule has 0 bridgehead atoms. The summed E-state index contributed by atoms with van der Waals surface area (Å²) in [6.45, 7) is 0. The molecule has 1 rings (SSSR count). The Hall–Kier alpha value is -1.30. The average molecular weight is 223 g/mol. The van der Waals surface area contributed by atoms with E-state index in [0.717, 1.165) is 12.3 Å². The topological polar surface area (TPSA) is 56.0 Å². The lowest BCUT2D eigenvalue weighted by Crippen LogP contribution is -1.98. The second-order valence-electron chi connectivity index (χ2n) is 2.43. The second-order valence-corrected chi connectivity index (χ2v) is 2.70. The van der Waals surface area contributed by atoms with Crippen molar-refractivity contribution in [2.24, 2.45) is 0 Å². The van der Waals surface area contributed by atoms with Crippen LogP contribution >= 0.6 is 11.6 Å². The number of halogens is 3. The van der Waals surface area contributed by atoms with Gasteiger partial charge in [-0.05, 0) is 6.07 Å². The molecule has 0 amide bonds. The summed E-state index contributed by atoms with van der Waals surface area (Å²) in [5.74, 6) is -0.196. The first-order chi connectivity index (χ1) is 6.56. The highest BCUT2D eigenvalue weighted by Crippen LogP contribution is 2.24. The number of pyridine rings is 1. The molecule has 1 heterocycles. The molecule has 0 spiro atoms. The van der Waals surface area contributed by atoms with E-state index in [-0.39, 0.29) is 17.1 Å². The number of hydrogen-bond acceptors (Lipinski definition) is 3. The molecular formula is C7H5ClF2N2O2. The Kier molecular flexibility index (Phi) is 3.29. The molecule has 0 fully saturated rings. The number of nitro groups is 1. The molecule has 1 aromatic heterocycles. The molecule has 0 radical (unpaired) electrons. The molecule has 0 aliphatic carbocycles. The van der Waals surface area contributed by atoms with Crippen LogP contribution in [0.2, 0.25) is 0 Å². The molecule has 7 heteroatoms. The van der Waals surface area contributed by atoms with Gasteiger partial charge in [-0.3, -0.25) is 10.1 Å². The summed E-state index contributed by atoms with van der Waals surface area (Å²) in [6.07, 6.45) is -1.96. The molecule has 76 valence electrons. The van der Waals surface area contributed by atoms with Crippen molar-refractivity contribution in [2.45, 2.75) is 12.3 Å². The monoisotopic (exact) mass is 222 g/mol. The lowest BCUT2D eigenvalue weighted by molar-refractivity contribution is -0.385. The lowest BCUT2D eigenvalue weighted by atomic mass is 10.2. The Balaban J connectivity index is 3.18. The minimum atomic E-state index is -2.75. The van der Waals surface area contributed by atoms with Crippen LogP contribution in [-0.4, -0.2) is 9.91 Å². The van der Waals surface area contributed by atoms with E-state index in [1.807, 2.05) is 0 Å². The zero-order valence-corrected chi connectivity index (χ0v) is 7.54. The maximum Gasteiger partial charge on any atom is 0.291 e. The summed E-state index contributed by atoms with van der Waals surface area (Å²) in [5.41, 5.74) is -0.808. The fourth-order valence-corrected chi connectivity index (χ4v) is 1.11. The Labute approximate surface area is 82.7 Å². The summed E-state index contributed by atoms with van der Waals surface area (Å²) in [4.78, 5) is 12.9. The van der Waals surface area contributed by atoms with Crippen LogP contribution in [0.4, 0.5) is 14.5 Å². The summed E-state index contributed by atoms with van der Waals surface area (Å²) < 4.78 is 24.3. The molecule has 0 N–H and O–H groups in total. The number of aromatic nitrogens is 1. The van der Waals surface area contributed by atoms with Gasteiger partial charge in [0.2, 0.25) is 0 Å². The molecule has 0 atom stereocenters. The SMILES string of the molecule is O=[N+]([O-])c1cnc(C(F)F)cc1CCl. The van der Waals surface area contributed by atoms with Crippen LogP contribution in [0.25, 0.3) is 0 Å². The summed E-state index contributed by atoms with van der Waals surface area (Å²) >= 11 is 5.38. The molecule has 1 aromatic rings. The molecule has 0 saturated heterocycles. The normalized spacial score (nSPS) is 10.6. The smallest absolute Gasteiger partial charge is 0.258 e. The quantitative estimate of drug-likeness (QED) is 0.449. The highest BCUT2D eigenvalue weighted by molar-refractivity contribution is 6.17. The zero-order chi connectivity index (χ0) is 10.7. The molecule has 0 unspecified atom stereocenters. The van der Waals surface area contributed by atoms with Gasteiger partial charge in [-0.15, -0.1) is 11.6 Å². The maximum atomic E-state index is 12.1. The fraction of sp³-hybridized carbons (Fsp3) is 0.286. The predicted molar refractivity (Wildman–Crippen MR) is 45.4 cm³/mol. The molecule has 0 aliphatic rings. The van der Waals surface area contributed by atoms with Crippen LogP contribution < -0.4 is 0 Å². The van der Waals surface area contributed by atoms with Crippen LogP contribution in [0.15, 0.2) is 12.3 Å². The van der Waals surface area contributed by atoms with Crippen molar-refractivity contribution in [3.63, 3.8) is 0 Å². The van der Waals surface area contributed by atoms with Gasteiger partial charge in [-0.25, -0.2) is 13.8 Å². The van der Waals surface area contributed by atoms with E-state index in [4.69, 9.17) is 11.6 Å². The van der Waals surface area contributed by atoms with Crippen molar-refractivity contribution in [3.8, 4) is 0 Å². The van der Waals surface area contributed by atoms with Gasteiger partial charge in [-0.1, -0.05) is 0 Å². The number of rotatable bonds is 3. The lowest BCUT2D eigenvalue weighted by Gasteiger charge is -2.01. The van der Waals surface area contributed by atoms with Gasteiger partial charge >= 0.3 is 0 Å². The third kappa shape index (κ3) is 2.14. The first kappa shape index (κ1) is 10.8. The third-order valence-electron chi connectivity index (χ3n) is 1.55. The van der Waals surface area contributed by atoms with E-state index in [1.54, 1.807) is 0 Å². The third-order valence-corrected chi connectivity index (χ3v) is 1.84. The van der Waals surface area contributed by atoms with E-state index in [9.17, 15) is 18.9 Å². The van der Waals surface area contributed by atoms with Crippen LogP contribution in [-0.2, 0) is 5.88 Å². The Morgan fingerprint density at radius 2 is 2.29 bits per heavy atom. The van der Waals surface area contributed by atoms with E-state index in [0.29, 0.717) is 0 Å². The minimum Gasteiger partial charge on any atom is -0.258 e. The van der Waals surface area contributed by atoms with Crippen molar-refractivity contribution < 1.29 is 13.7 Å². The van der Waals surface area contributed by atoms with Crippen molar-refractivity contribution in [1.82, 2.24) is 4.98 Å². The molecule has 0 aliphatic heterocycles. The Bertz CT molecular complexity index is 360. The molecule has 14 heavy (non-hydrogen) atoms. The first-order valence-electron chi connectivity index (χ1n) is 3.53. The average Bonchev–Trinajstić information content (AvgIpc) is 2.16. The number of alkyl halides is 3. The van der Waals surface area contributed by atoms with Crippen LogP contribution in [0, 0.1) is 10.1 Å². The molecule has 0 aromatic carbocycles. The van der Waals surface area contributed by atoms with E-state index < -0.39 is 17.0 Å². The van der Waals surface area contributed by atoms with Crippen LogP contribution in [0.5, 0.6) is 0 Å². The summed E-state index contributed by atoms with van der Waals surface area (Å²) in [6, 6.07) is 0.940. The molecule has 0 saturated carbocycles. The predicted octanol–water partition coefficient (Wildman–Crippen LogP) is 2.67. The number of hydrogen-bond donors (Lipinski definition) is 0.